The summed E-state index contributed by atoms with van der Waals surface area (Å²) in [6, 6.07) is 0.494. The van der Waals surface area contributed by atoms with Crippen molar-refractivity contribution in [2.24, 2.45) is 11.1 Å². The highest BCUT2D eigenvalue weighted by molar-refractivity contribution is 4.95. The lowest BCUT2D eigenvalue weighted by molar-refractivity contribution is 0.105. The van der Waals surface area contributed by atoms with Crippen LogP contribution in [0.15, 0.2) is 0 Å². The highest BCUT2D eigenvalue weighted by Crippen LogP contribution is 2.42. The second-order valence-electron chi connectivity index (χ2n) is 4.46. The topological polar surface area (TPSA) is 38.0 Å². The second kappa shape index (κ2) is 3.35. The first kappa shape index (κ1) is 8.52. The van der Waals surface area contributed by atoms with Crippen LogP contribution in [0.25, 0.3) is 0 Å². The summed E-state index contributed by atoms with van der Waals surface area (Å²) in [6.07, 6.45) is 8.04. The van der Waals surface area contributed by atoms with E-state index in [-0.39, 0.29) is 0 Å². The zero-order valence-corrected chi connectivity index (χ0v) is 7.81. The van der Waals surface area contributed by atoms with Gasteiger partial charge in [0.05, 0.1) is 0 Å². The Labute approximate surface area is 74.9 Å². The first-order chi connectivity index (χ1) is 5.83. The monoisotopic (exact) mass is 168 g/mol. The summed E-state index contributed by atoms with van der Waals surface area (Å²) in [5, 5.41) is 3.42. The molecule has 2 rings (SSSR count). The molecule has 2 fully saturated rings. The van der Waals surface area contributed by atoms with Crippen LogP contribution in [0.3, 0.4) is 0 Å². The summed E-state index contributed by atoms with van der Waals surface area (Å²) < 4.78 is 0. The van der Waals surface area contributed by atoms with Gasteiger partial charge in [0.1, 0.15) is 0 Å². The molecule has 1 spiro atoms. The first-order valence-electron chi connectivity index (χ1n) is 5.30. The van der Waals surface area contributed by atoms with Gasteiger partial charge in [-0.2, -0.15) is 0 Å². The molecule has 1 atom stereocenters. The Morgan fingerprint density at radius 3 is 2.50 bits per heavy atom. The van der Waals surface area contributed by atoms with Crippen molar-refractivity contribution in [1.82, 2.24) is 5.32 Å². The smallest absolute Gasteiger partial charge is 0.00965 e. The molecule has 3 N–H and O–H groups in total. The fourth-order valence-corrected chi connectivity index (χ4v) is 2.88. The molecule has 2 nitrogen and oxygen atoms in total. The number of nitrogens with two attached hydrogens (primary N) is 1. The fourth-order valence-electron chi connectivity index (χ4n) is 2.88. The van der Waals surface area contributed by atoms with Gasteiger partial charge in [-0.3, -0.25) is 0 Å². The van der Waals surface area contributed by atoms with E-state index < -0.39 is 0 Å². The fraction of sp³-hybridized carbons (Fsp3) is 1.00. The molecule has 0 unspecified atom stereocenters. The van der Waals surface area contributed by atoms with E-state index in [1.54, 1.807) is 0 Å². The predicted octanol–water partition coefficient (Wildman–Crippen LogP) is 1.26. The van der Waals surface area contributed by atoms with Gasteiger partial charge in [-0.1, -0.05) is 12.8 Å². The van der Waals surface area contributed by atoms with E-state index in [9.17, 15) is 0 Å². The standard InChI is InChI=1S/C10H20N2/c11-9-3-1-2-4-10(9)5-7-12-8-6-10/h9,12H,1-8,11H2/t9-/m1/s1. The van der Waals surface area contributed by atoms with E-state index in [0.717, 1.165) is 0 Å². The minimum atomic E-state index is 0.494. The number of hydrogen-bond acceptors (Lipinski definition) is 2. The number of rotatable bonds is 0. The Bertz CT molecular complexity index is 142. The molecular weight excluding hydrogens is 148 g/mol. The van der Waals surface area contributed by atoms with Crippen LogP contribution in [0.2, 0.25) is 0 Å². The lowest BCUT2D eigenvalue weighted by Gasteiger charge is -2.45. The Kier molecular flexibility index (Phi) is 2.37. The summed E-state index contributed by atoms with van der Waals surface area (Å²) in [5.41, 5.74) is 6.75. The number of piperidine rings is 1. The molecular formula is C10H20N2. The molecule has 0 aromatic rings. The molecule has 1 aliphatic carbocycles. The maximum Gasteiger partial charge on any atom is 0.00965 e. The van der Waals surface area contributed by atoms with E-state index in [1.165, 1.54) is 51.6 Å². The van der Waals surface area contributed by atoms with Crippen LogP contribution in [0.4, 0.5) is 0 Å². The number of hydrogen-bond donors (Lipinski definition) is 2. The highest BCUT2D eigenvalue weighted by atomic mass is 14.9. The molecule has 2 aliphatic rings. The lowest BCUT2D eigenvalue weighted by Crippen LogP contribution is -2.50. The van der Waals surface area contributed by atoms with Gasteiger partial charge < -0.3 is 11.1 Å². The van der Waals surface area contributed by atoms with E-state index in [1.807, 2.05) is 0 Å². The SMILES string of the molecule is N[C@@H]1CCCCC12CCNCC2. The van der Waals surface area contributed by atoms with Crippen molar-refractivity contribution in [2.45, 2.75) is 44.6 Å². The van der Waals surface area contributed by atoms with Gasteiger partial charge >= 0.3 is 0 Å². The third-order valence-electron chi connectivity index (χ3n) is 3.83. The molecule has 0 amide bonds. The van der Waals surface area contributed by atoms with Crippen LogP contribution in [-0.2, 0) is 0 Å². The molecule has 1 heterocycles. The van der Waals surface area contributed by atoms with Crippen molar-refractivity contribution >= 4 is 0 Å². The highest BCUT2D eigenvalue weighted by Gasteiger charge is 2.39. The lowest BCUT2D eigenvalue weighted by atomic mass is 9.65. The Morgan fingerprint density at radius 1 is 1.08 bits per heavy atom. The second-order valence-corrected chi connectivity index (χ2v) is 4.46. The van der Waals surface area contributed by atoms with Crippen molar-refractivity contribution in [3.63, 3.8) is 0 Å². The Balaban J connectivity index is 2.04. The van der Waals surface area contributed by atoms with E-state index in [0.29, 0.717) is 11.5 Å². The third kappa shape index (κ3) is 1.38. The molecule has 1 saturated heterocycles. The summed E-state index contributed by atoms with van der Waals surface area (Å²) in [5.74, 6) is 0. The van der Waals surface area contributed by atoms with Gasteiger partial charge in [0, 0.05) is 6.04 Å². The van der Waals surface area contributed by atoms with Crippen LogP contribution < -0.4 is 11.1 Å². The van der Waals surface area contributed by atoms with Gasteiger partial charge in [-0.15, -0.1) is 0 Å². The first-order valence-corrected chi connectivity index (χ1v) is 5.30. The zero-order valence-electron chi connectivity index (χ0n) is 7.81. The molecule has 0 bridgehead atoms. The van der Waals surface area contributed by atoms with Crippen LogP contribution in [0, 0.1) is 5.41 Å². The minimum Gasteiger partial charge on any atom is -0.327 e. The average Bonchev–Trinajstić information content (AvgIpc) is 2.12. The molecule has 70 valence electrons. The van der Waals surface area contributed by atoms with Crippen molar-refractivity contribution < 1.29 is 0 Å². The molecule has 12 heavy (non-hydrogen) atoms. The Morgan fingerprint density at radius 2 is 1.83 bits per heavy atom. The molecule has 0 aromatic carbocycles. The maximum absolute atomic E-state index is 6.22. The zero-order chi connectivity index (χ0) is 8.44. The van der Waals surface area contributed by atoms with E-state index in [2.05, 4.69) is 5.32 Å². The number of nitrogens with one attached hydrogen (secondary N) is 1. The van der Waals surface area contributed by atoms with Gasteiger partial charge in [-0.05, 0) is 44.2 Å². The predicted molar refractivity (Wildman–Crippen MR) is 51.0 cm³/mol. The summed E-state index contributed by atoms with van der Waals surface area (Å²) in [6.45, 7) is 2.38. The van der Waals surface area contributed by atoms with E-state index in [4.69, 9.17) is 5.73 Å². The van der Waals surface area contributed by atoms with Crippen molar-refractivity contribution in [2.75, 3.05) is 13.1 Å². The van der Waals surface area contributed by atoms with Gasteiger partial charge in [0.2, 0.25) is 0 Å². The van der Waals surface area contributed by atoms with Crippen molar-refractivity contribution in [1.29, 1.82) is 0 Å². The molecule has 0 aromatic heterocycles. The van der Waals surface area contributed by atoms with Crippen molar-refractivity contribution in [3.8, 4) is 0 Å². The quantitative estimate of drug-likeness (QED) is 0.571. The summed E-state index contributed by atoms with van der Waals surface area (Å²) in [4.78, 5) is 0. The normalized spacial score (nSPS) is 35.2. The van der Waals surface area contributed by atoms with Crippen molar-refractivity contribution in [3.05, 3.63) is 0 Å². The van der Waals surface area contributed by atoms with Gasteiger partial charge in [-0.25, -0.2) is 0 Å². The van der Waals surface area contributed by atoms with Crippen LogP contribution in [0.5, 0.6) is 0 Å². The molecule has 1 aliphatic heterocycles. The maximum atomic E-state index is 6.22. The summed E-state index contributed by atoms with van der Waals surface area (Å²) >= 11 is 0. The van der Waals surface area contributed by atoms with Gasteiger partial charge in [0.15, 0.2) is 0 Å². The van der Waals surface area contributed by atoms with E-state index >= 15 is 0 Å². The van der Waals surface area contributed by atoms with Crippen LogP contribution in [0.1, 0.15) is 38.5 Å². The summed E-state index contributed by atoms with van der Waals surface area (Å²) in [7, 11) is 0. The largest absolute Gasteiger partial charge is 0.327 e. The molecule has 2 heteroatoms. The minimum absolute atomic E-state index is 0.494. The van der Waals surface area contributed by atoms with Gasteiger partial charge in [0.25, 0.3) is 0 Å². The molecule has 0 radical (unpaired) electrons. The Hall–Kier alpha value is -0.0800. The van der Waals surface area contributed by atoms with Crippen LogP contribution in [-0.4, -0.2) is 19.1 Å². The average molecular weight is 168 g/mol. The third-order valence-corrected chi connectivity index (χ3v) is 3.83. The molecule has 1 saturated carbocycles. The van der Waals surface area contributed by atoms with Crippen LogP contribution >= 0.6 is 0 Å².